The quantitative estimate of drug-likeness (QED) is 0.663. The minimum Gasteiger partial charge on any atom is -0.416 e. The van der Waals surface area contributed by atoms with Gasteiger partial charge < -0.3 is 12.3 Å². The van der Waals surface area contributed by atoms with E-state index in [4.69, 9.17) is 12.3 Å². The van der Waals surface area contributed by atoms with Crippen molar-refractivity contribution in [2.45, 2.75) is 70.4 Å². The summed E-state index contributed by atoms with van der Waals surface area (Å²) in [6.07, 6.45) is 7.31. The molecule has 0 radical (unpaired) electrons. The summed E-state index contributed by atoms with van der Waals surface area (Å²) in [5.74, 6) is 3.95. The minimum atomic E-state index is -2.09. The van der Waals surface area contributed by atoms with Crippen molar-refractivity contribution < 1.29 is 12.3 Å². The van der Waals surface area contributed by atoms with E-state index in [0.717, 1.165) is 29.2 Å². The molecule has 1 aliphatic heterocycles. The molecule has 0 aromatic rings. The molecule has 1 saturated heterocycles. The SMILES string of the molecule is C[Si]1(C)O[Si](C)(C)O[Si](C)(C2CC3CC2C2CCCC32)O1. The van der Waals surface area contributed by atoms with Gasteiger partial charge in [0.2, 0.25) is 0 Å². The molecule has 0 aromatic heterocycles. The van der Waals surface area contributed by atoms with Crippen molar-refractivity contribution in [1.82, 2.24) is 0 Å². The number of fused-ring (bicyclic) bond motifs is 5. The third-order valence-electron chi connectivity index (χ3n) is 6.49. The van der Waals surface area contributed by atoms with Crippen molar-refractivity contribution in [3.8, 4) is 0 Å². The van der Waals surface area contributed by atoms with Crippen molar-refractivity contribution >= 4 is 25.7 Å². The highest BCUT2D eigenvalue weighted by Gasteiger charge is 2.64. The Morgan fingerprint density at radius 2 is 1.33 bits per heavy atom. The maximum atomic E-state index is 6.65. The van der Waals surface area contributed by atoms with E-state index in [1.54, 1.807) is 0 Å². The van der Waals surface area contributed by atoms with Crippen LogP contribution < -0.4 is 0 Å². The Bertz CT molecular complexity index is 437. The second-order valence-electron chi connectivity index (χ2n) is 8.88. The maximum Gasteiger partial charge on any atom is 0.320 e. The van der Waals surface area contributed by atoms with Crippen molar-refractivity contribution in [2.75, 3.05) is 0 Å². The van der Waals surface area contributed by atoms with Gasteiger partial charge in [0.05, 0.1) is 0 Å². The predicted molar refractivity (Wildman–Crippen MR) is 90.6 cm³/mol. The number of rotatable bonds is 1. The highest BCUT2D eigenvalue weighted by atomic mass is 28.5. The smallest absolute Gasteiger partial charge is 0.320 e. The average molecular weight is 343 g/mol. The van der Waals surface area contributed by atoms with Gasteiger partial charge in [-0.15, -0.1) is 0 Å². The Kier molecular flexibility index (Phi) is 3.26. The van der Waals surface area contributed by atoms with Crippen molar-refractivity contribution in [2.24, 2.45) is 23.7 Å². The van der Waals surface area contributed by atoms with Crippen LogP contribution in [0, 0.1) is 23.7 Å². The zero-order chi connectivity index (χ0) is 15.0. The maximum absolute atomic E-state index is 6.65. The van der Waals surface area contributed by atoms with Crippen LogP contribution in [0.25, 0.3) is 0 Å². The van der Waals surface area contributed by atoms with E-state index >= 15 is 0 Å². The molecule has 21 heavy (non-hydrogen) atoms. The summed E-state index contributed by atoms with van der Waals surface area (Å²) < 4.78 is 19.6. The Hall–Kier alpha value is 0.531. The summed E-state index contributed by atoms with van der Waals surface area (Å²) in [6.45, 7) is 11.3. The lowest BCUT2D eigenvalue weighted by atomic mass is 9.81. The van der Waals surface area contributed by atoms with Gasteiger partial charge in [0.15, 0.2) is 0 Å². The molecule has 0 amide bonds. The van der Waals surface area contributed by atoms with Crippen LogP contribution in [-0.2, 0) is 12.3 Å². The number of hydrogen-bond acceptors (Lipinski definition) is 3. The first-order chi connectivity index (χ1) is 9.69. The Balaban J connectivity index is 1.61. The Morgan fingerprint density at radius 1 is 0.714 bits per heavy atom. The standard InChI is InChI=1S/C15H30O3Si3/c1-19(2)16-20(3,4)18-21(5,17-19)15-10-11-9-14(15)13-8-6-7-12(11)13/h11-15H,6-10H2,1-5H3. The van der Waals surface area contributed by atoms with Gasteiger partial charge in [0.1, 0.15) is 0 Å². The van der Waals surface area contributed by atoms with E-state index in [1.807, 2.05) is 0 Å². The van der Waals surface area contributed by atoms with Crippen LogP contribution in [0.3, 0.4) is 0 Å². The summed E-state index contributed by atoms with van der Waals surface area (Å²) in [7, 11) is -6.07. The zero-order valence-electron chi connectivity index (χ0n) is 14.1. The van der Waals surface area contributed by atoms with Crippen LogP contribution in [-0.4, -0.2) is 25.7 Å². The summed E-state index contributed by atoms with van der Waals surface area (Å²) in [4.78, 5) is 0. The topological polar surface area (TPSA) is 27.7 Å². The molecule has 120 valence electrons. The molecule has 4 rings (SSSR count). The fourth-order valence-corrected chi connectivity index (χ4v) is 23.7. The molecule has 3 aliphatic carbocycles. The molecule has 3 saturated carbocycles. The molecular formula is C15H30O3Si3. The molecule has 0 N–H and O–H groups in total. The van der Waals surface area contributed by atoms with E-state index in [9.17, 15) is 0 Å². The van der Waals surface area contributed by atoms with Crippen molar-refractivity contribution in [1.29, 1.82) is 0 Å². The van der Waals surface area contributed by atoms with Gasteiger partial charge in [-0.2, -0.15) is 0 Å². The average Bonchev–Trinajstić information content (AvgIpc) is 2.96. The molecule has 0 aromatic carbocycles. The second kappa shape index (κ2) is 4.54. The minimum absolute atomic E-state index is 0.740. The third kappa shape index (κ3) is 2.37. The molecular weight excluding hydrogens is 312 g/mol. The lowest BCUT2D eigenvalue weighted by Crippen LogP contribution is -2.67. The van der Waals surface area contributed by atoms with Gasteiger partial charge in [-0.05, 0) is 82.1 Å². The fraction of sp³-hybridized carbons (Fsp3) is 1.00. The van der Waals surface area contributed by atoms with Gasteiger partial charge in [-0.3, -0.25) is 0 Å². The molecule has 4 aliphatic rings. The highest BCUT2D eigenvalue weighted by molar-refractivity contribution is 6.93. The first kappa shape index (κ1) is 15.1. The Labute approximate surface area is 132 Å². The first-order valence-corrected chi connectivity index (χ1v) is 16.8. The molecule has 6 heteroatoms. The number of hydrogen-bond donors (Lipinski definition) is 0. The third-order valence-corrected chi connectivity index (χ3v) is 19.6. The Morgan fingerprint density at radius 3 is 2.00 bits per heavy atom. The monoisotopic (exact) mass is 342 g/mol. The lowest BCUT2D eigenvalue weighted by molar-refractivity contribution is 0.185. The second-order valence-corrected chi connectivity index (χ2v) is 19.7. The zero-order valence-corrected chi connectivity index (χ0v) is 17.1. The summed E-state index contributed by atoms with van der Waals surface area (Å²) in [5, 5.41) is 0. The fourth-order valence-electron chi connectivity index (χ4n) is 6.45. The van der Waals surface area contributed by atoms with E-state index in [0.29, 0.717) is 0 Å². The lowest BCUT2D eigenvalue weighted by Gasteiger charge is -2.52. The van der Waals surface area contributed by atoms with E-state index in [-0.39, 0.29) is 0 Å². The van der Waals surface area contributed by atoms with Crippen LogP contribution in [0.5, 0.6) is 0 Å². The summed E-state index contributed by atoms with van der Waals surface area (Å²) >= 11 is 0. The molecule has 3 nitrogen and oxygen atoms in total. The van der Waals surface area contributed by atoms with Crippen LogP contribution >= 0.6 is 0 Å². The van der Waals surface area contributed by atoms with E-state index in [1.165, 1.54) is 32.1 Å². The largest absolute Gasteiger partial charge is 0.416 e. The van der Waals surface area contributed by atoms with Crippen LogP contribution in [0.1, 0.15) is 32.1 Å². The molecule has 2 bridgehead atoms. The van der Waals surface area contributed by atoms with Gasteiger partial charge in [0.25, 0.3) is 0 Å². The van der Waals surface area contributed by atoms with E-state index in [2.05, 4.69) is 32.7 Å². The molecule has 5 unspecified atom stereocenters. The molecule has 1 heterocycles. The summed E-state index contributed by atoms with van der Waals surface area (Å²) in [5.41, 5.74) is 0.740. The van der Waals surface area contributed by atoms with Crippen molar-refractivity contribution in [3.05, 3.63) is 0 Å². The highest BCUT2D eigenvalue weighted by Crippen LogP contribution is 2.65. The molecule has 4 fully saturated rings. The summed E-state index contributed by atoms with van der Waals surface area (Å²) in [6, 6.07) is 0. The van der Waals surface area contributed by atoms with Gasteiger partial charge >= 0.3 is 25.7 Å². The van der Waals surface area contributed by atoms with E-state index < -0.39 is 25.7 Å². The first-order valence-electron chi connectivity index (χ1n) is 8.80. The van der Waals surface area contributed by atoms with Crippen LogP contribution in [0.4, 0.5) is 0 Å². The molecule has 0 spiro atoms. The normalized spacial score (nSPS) is 49.3. The van der Waals surface area contributed by atoms with Crippen molar-refractivity contribution in [3.63, 3.8) is 0 Å². The van der Waals surface area contributed by atoms with Gasteiger partial charge in [0, 0.05) is 5.54 Å². The van der Waals surface area contributed by atoms with Crippen LogP contribution in [0.15, 0.2) is 0 Å². The van der Waals surface area contributed by atoms with Crippen LogP contribution in [0.2, 0.25) is 38.3 Å². The van der Waals surface area contributed by atoms with Gasteiger partial charge in [-0.25, -0.2) is 0 Å². The predicted octanol–water partition coefficient (Wildman–Crippen LogP) is 4.35. The van der Waals surface area contributed by atoms with Gasteiger partial charge in [-0.1, -0.05) is 6.42 Å². The molecule has 5 atom stereocenters.